The fraction of sp³-hybridized carbons (Fsp3) is 0.357. The fourth-order valence-corrected chi connectivity index (χ4v) is 1.52. The number of hydrogen-bond donors (Lipinski definition) is 1. The first-order valence-corrected chi connectivity index (χ1v) is 6.05. The molecule has 0 heterocycles. The van der Waals surface area contributed by atoms with E-state index in [1.807, 2.05) is 0 Å². The lowest BCUT2D eigenvalue weighted by molar-refractivity contribution is -0.136. The molecule has 0 radical (unpaired) electrons. The summed E-state index contributed by atoms with van der Waals surface area (Å²) in [5.74, 6) is 3.49. The number of hydrogen-bond acceptors (Lipinski definition) is 2. The summed E-state index contributed by atoms with van der Waals surface area (Å²) >= 11 is 0. The van der Waals surface area contributed by atoms with Crippen molar-refractivity contribution in [2.24, 2.45) is 5.73 Å². The Morgan fingerprint density at radius 1 is 1.38 bits per heavy atom. The normalized spacial score (nSPS) is 10.8. The second-order valence-corrected chi connectivity index (χ2v) is 4.29. The molecule has 0 spiro atoms. The van der Waals surface area contributed by atoms with Crippen molar-refractivity contribution in [2.75, 3.05) is 20.1 Å². The van der Waals surface area contributed by atoms with Gasteiger partial charge in [0.1, 0.15) is 5.82 Å². The van der Waals surface area contributed by atoms with Crippen LogP contribution in [0.15, 0.2) is 18.2 Å². The summed E-state index contributed by atoms with van der Waals surface area (Å²) in [6.45, 7) is -0.418. The molecule has 0 unspecified atom stereocenters. The van der Waals surface area contributed by atoms with Gasteiger partial charge in [0.05, 0.1) is 18.5 Å². The van der Waals surface area contributed by atoms with Crippen LogP contribution in [0.25, 0.3) is 0 Å². The van der Waals surface area contributed by atoms with E-state index in [1.54, 1.807) is 0 Å². The van der Waals surface area contributed by atoms with Crippen molar-refractivity contribution >= 4 is 5.91 Å². The van der Waals surface area contributed by atoms with E-state index in [4.69, 9.17) is 5.73 Å². The molecule has 2 N–H and O–H groups in total. The molecule has 0 saturated carbocycles. The molecule has 0 atom stereocenters. The van der Waals surface area contributed by atoms with Crippen LogP contribution in [0.4, 0.5) is 17.6 Å². The summed E-state index contributed by atoms with van der Waals surface area (Å²) in [6.07, 6.45) is -5.51. The zero-order valence-corrected chi connectivity index (χ0v) is 11.3. The highest BCUT2D eigenvalue weighted by Crippen LogP contribution is 2.20. The SMILES string of the molecule is CN(CCC(F)(F)F)C(=O)c1ccc(C#CCN)cc1F. The van der Waals surface area contributed by atoms with Crippen molar-refractivity contribution < 1.29 is 22.4 Å². The molecule has 1 rings (SSSR count). The van der Waals surface area contributed by atoms with Crippen molar-refractivity contribution in [1.29, 1.82) is 0 Å². The number of amides is 1. The van der Waals surface area contributed by atoms with Gasteiger partial charge in [-0.1, -0.05) is 11.8 Å². The van der Waals surface area contributed by atoms with Gasteiger partial charge in [-0.3, -0.25) is 4.79 Å². The van der Waals surface area contributed by atoms with Crippen LogP contribution in [0.3, 0.4) is 0 Å². The number of rotatable bonds is 3. The number of carbonyl (C=O) groups is 1. The Morgan fingerprint density at radius 2 is 2.05 bits per heavy atom. The van der Waals surface area contributed by atoms with Crippen LogP contribution in [0, 0.1) is 17.7 Å². The van der Waals surface area contributed by atoms with E-state index < -0.39 is 30.9 Å². The Balaban J connectivity index is 2.83. The maximum Gasteiger partial charge on any atom is 0.390 e. The lowest BCUT2D eigenvalue weighted by Gasteiger charge is -2.18. The first-order valence-electron chi connectivity index (χ1n) is 6.05. The Morgan fingerprint density at radius 3 is 2.57 bits per heavy atom. The lowest BCUT2D eigenvalue weighted by atomic mass is 10.1. The molecule has 7 heteroatoms. The van der Waals surface area contributed by atoms with Gasteiger partial charge in [0.25, 0.3) is 5.91 Å². The van der Waals surface area contributed by atoms with Gasteiger partial charge in [0, 0.05) is 19.2 Å². The van der Waals surface area contributed by atoms with Crippen molar-refractivity contribution in [3.8, 4) is 11.8 Å². The molecule has 0 bridgehead atoms. The molecule has 21 heavy (non-hydrogen) atoms. The van der Waals surface area contributed by atoms with Gasteiger partial charge < -0.3 is 10.6 Å². The molecule has 1 aromatic rings. The summed E-state index contributed by atoms with van der Waals surface area (Å²) in [7, 11) is 1.19. The van der Waals surface area contributed by atoms with Gasteiger partial charge in [-0.05, 0) is 18.2 Å². The van der Waals surface area contributed by atoms with E-state index in [0.29, 0.717) is 5.56 Å². The van der Waals surface area contributed by atoms with Crippen molar-refractivity contribution in [3.63, 3.8) is 0 Å². The molecule has 0 saturated heterocycles. The Bertz CT molecular complexity index is 573. The maximum absolute atomic E-state index is 13.8. The van der Waals surface area contributed by atoms with Crippen LogP contribution >= 0.6 is 0 Å². The van der Waals surface area contributed by atoms with Gasteiger partial charge in [-0.2, -0.15) is 13.2 Å². The molecule has 0 fully saturated rings. The lowest BCUT2D eigenvalue weighted by Crippen LogP contribution is -2.31. The van der Waals surface area contributed by atoms with Crippen molar-refractivity contribution in [3.05, 3.63) is 35.1 Å². The topological polar surface area (TPSA) is 46.3 Å². The first-order chi connectivity index (χ1) is 9.74. The standard InChI is InChI=1S/C14H14F4N2O/c1-20(8-6-14(16,17)18)13(21)11-5-4-10(3-2-7-19)9-12(11)15/h4-5,9H,6-8,19H2,1H3. The summed E-state index contributed by atoms with van der Waals surface area (Å²) in [4.78, 5) is 12.7. The minimum absolute atomic E-state index is 0.114. The Hall–Kier alpha value is -2.07. The van der Waals surface area contributed by atoms with Crippen LogP contribution in [-0.4, -0.2) is 37.1 Å². The third-order valence-electron chi connectivity index (χ3n) is 2.61. The third-order valence-corrected chi connectivity index (χ3v) is 2.61. The number of nitrogens with two attached hydrogens (primary N) is 1. The monoisotopic (exact) mass is 302 g/mol. The zero-order chi connectivity index (χ0) is 16.0. The van der Waals surface area contributed by atoms with Crippen LogP contribution in [0.5, 0.6) is 0 Å². The summed E-state index contributed by atoms with van der Waals surface area (Å²) in [6, 6.07) is 3.66. The summed E-state index contributed by atoms with van der Waals surface area (Å²) < 4.78 is 50.1. The predicted molar refractivity (Wildman–Crippen MR) is 70.0 cm³/mol. The molecule has 3 nitrogen and oxygen atoms in total. The van der Waals surface area contributed by atoms with Gasteiger partial charge >= 0.3 is 6.18 Å². The second kappa shape index (κ2) is 7.09. The molecule has 0 aromatic heterocycles. The van der Waals surface area contributed by atoms with Crippen LogP contribution in [0.2, 0.25) is 0 Å². The van der Waals surface area contributed by atoms with Gasteiger partial charge in [0.2, 0.25) is 0 Å². The molecule has 114 valence electrons. The average molecular weight is 302 g/mol. The Labute approximate surface area is 119 Å². The highest BCUT2D eigenvalue weighted by Gasteiger charge is 2.28. The first kappa shape index (κ1) is 17.0. The third kappa shape index (κ3) is 5.44. The highest BCUT2D eigenvalue weighted by molar-refractivity contribution is 5.94. The molecular weight excluding hydrogens is 288 g/mol. The van der Waals surface area contributed by atoms with Crippen molar-refractivity contribution in [2.45, 2.75) is 12.6 Å². The second-order valence-electron chi connectivity index (χ2n) is 4.29. The molecular formula is C14H14F4N2O. The van der Waals surface area contributed by atoms with E-state index in [1.165, 1.54) is 19.2 Å². The minimum atomic E-state index is -4.37. The number of halogens is 4. The molecule has 0 aliphatic rings. The van der Waals surface area contributed by atoms with Gasteiger partial charge in [-0.25, -0.2) is 4.39 Å². The Kier molecular flexibility index (Phi) is 5.73. The smallest absolute Gasteiger partial charge is 0.341 e. The largest absolute Gasteiger partial charge is 0.390 e. The van der Waals surface area contributed by atoms with E-state index in [0.717, 1.165) is 11.0 Å². The van der Waals surface area contributed by atoms with E-state index in [9.17, 15) is 22.4 Å². The van der Waals surface area contributed by atoms with Gasteiger partial charge in [-0.15, -0.1) is 0 Å². The number of benzene rings is 1. The van der Waals surface area contributed by atoms with Crippen LogP contribution in [-0.2, 0) is 0 Å². The van der Waals surface area contributed by atoms with Crippen LogP contribution < -0.4 is 5.73 Å². The van der Waals surface area contributed by atoms with Crippen molar-refractivity contribution in [1.82, 2.24) is 4.90 Å². The maximum atomic E-state index is 13.8. The fourth-order valence-electron chi connectivity index (χ4n) is 1.52. The zero-order valence-electron chi connectivity index (χ0n) is 11.3. The summed E-state index contributed by atoms with van der Waals surface area (Å²) in [5.41, 5.74) is 5.23. The van der Waals surface area contributed by atoms with E-state index >= 15 is 0 Å². The molecule has 1 aromatic carbocycles. The molecule has 1 amide bonds. The van der Waals surface area contributed by atoms with E-state index in [2.05, 4.69) is 11.8 Å². The minimum Gasteiger partial charge on any atom is -0.341 e. The number of alkyl halides is 3. The van der Waals surface area contributed by atoms with E-state index in [-0.39, 0.29) is 12.1 Å². The summed E-state index contributed by atoms with van der Waals surface area (Å²) in [5, 5.41) is 0. The number of nitrogens with zero attached hydrogens (tertiary/aromatic N) is 1. The predicted octanol–water partition coefficient (Wildman–Crippen LogP) is 2.16. The molecule has 0 aliphatic carbocycles. The average Bonchev–Trinajstić information content (AvgIpc) is 2.41. The number of carbonyl (C=O) groups excluding carboxylic acids is 1. The van der Waals surface area contributed by atoms with Gasteiger partial charge in [0.15, 0.2) is 0 Å². The highest BCUT2D eigenvalue weighted by atomic mass is 19.4. The molecule has 0 aliphatic heterocycles. The quantitative estimate of drug-likeness (QED) is 0.687. The van der Waals surface area contributed by atoms with Crippen LogP contribution in [0.1, 0.15) is 22.3 Å².